The number of rotatable bonds is 3. The maximum atomic E-state index is 13.8. The third-order valence-corrected chi connectivity index (χ3v) is 7.73. The lowest BCUT2D eigenvalue weighted by Gasteiger charge is -2.34. The van der Waals surface area contributed by atoms with E-state index < -0.39 is 0 Å². The van der Waals surface area contributed by atoms with E-state index in [0.29, 0.717) is 19.0 Å². The van der Waals surface area contributed by atoms with Gasteiger partial charge in [-0.2, -0.15) is 5.10 Å². The standard InChI is InChI=1S/C25H29N7OS/c1-15-20-17(14-19(16-7-8-16)27-21(20)32(29-15)25(2,3)4)23(33)30-10-12-31(13-11-30)24-28-18-6-5-9-26-22(18)34-24/h5-6,9,14,16H,7-8,10-13H2,1-4H3. The van der Waals surface area contributed by atoms with Crippen molar-refractivity contribution in [2.75, 3.05) is 31.1 Å². The number of anilines is 1. The van der Waals surface area contributed by atoms with Crippen LogP contribution >= 0.6 is 11.3 Å². The maximum absolute atomic E-state index is 13.8. The summed E-state index contributed by atoms with van der Waals surface area (Å²) >= 11 is 1.61. The molecule has 2 aliphatic rings. The molecule has 2 fully saturated rings. The summed E-state index contributed by atoms with van der Waals surface area (Å²) in [5, 5.41) is 6.67. The topological polar surface area (TPSA) is 80.0 Å². The Bertz CT molecular complexity index is 1370. The third-order valence-electron chi connectivity index (χ3n) is 6.69. The highest BCUT2D eigenvalue weighted by Crippen LogP contribution is 2.41. The number of hydrogen-bond acceptors (Lipinski definition) is 7. The molecule has 0 bridgehead atoms. The second-order valence-corrected chi connectivity index (χ2v) is 11.3. The van der Waals surface area contributed by atoms with Crippen LogP contribution in [0.5, 0.6) is 0 Å². The first-order valence-corrected chi connectivity index (χ1v) is 12.8. The lowest BCUT2D eigenvalue weighted by Crippen LogP contribution is -2.48. The van der Waals surface area contributed by atoms with E-state index in [1.807, 2.05) is 34.7 Å². The van der Waals surface area contributed by atoms with Gasteiger partial charge in [0.1, 0.15) is 10.3 Å². The summed E-state index contributed by atoms with van der Waals surface area (Å²) < 4.78 is 1.99. The molecule has 1 saturated heterocycles. The first-order valence-electron chi connectivity index (χ1n) is 12.0. The number of aromatic nitrogens is 5. The molecule has 8 nitrogen and oxygen atoms in total. The second-order valence-electron chi connectivity index (χ2n) is 10.3. The van der Waals surface area contributed by atoms with Gasteiger partial charge in [-0.1, -0.05) is 11.3 Å². The van der Waals surface area contributed by atoms with E-state index in [0.717, 1.165) is 69.4 Å². The monoisotopic (exact) mass is 475 g/mol. The highest BCUT2D eigenvalue weighted by molar-refractivity contribution is 7.21. The zero-order chi connectivity index (χ0) is 23.6. The molecular weight excluding hydrogens is 446 g/mol. The van der Waals surface area contributed by atoms with Gasteiger partial charge in [-0.3, -0.25) is 4.79 Å². The molecule has 1 amide bonds. The summed E-state index contributed by atoms with van der Waals surface area (Å²) in [6.45, 7) is 11.2. The Kier molecular flexibility index (Phi) is 4.88. The summed E-state index contributed by atoms with van der Waals surface area (Å²) in [6.07, 6.45) is 4.09. The minimum atomic E-state index is -0.209. The fourth-order valence-electron chi connectivity index (χ4n) is 4.70. The fourth-order valence-corrected chi connectivity index (χ4v) is 5.66. The summed E-state index contributed by atoms with van der Waals surface area (Å²) in [7, 11) is 0. The molecule has 34 heavy (non-hydrogen) atoms. The smallest absolute Gasteiger partial charge is 0.254 e. The van der Waals surface area contributed by atoms with E-state index in [1.165, 1.54) is 0 Å². The van der Waals surface area contributed by atoms with Crippen molar-refractivity contribution in [3.8, 4) is 0 Å². The number of pyridine rings is 2. The molecular formula is C25H29N7OS. The Hall–Kier alpha value is -3.07. The zero-order valence-corrected chi connectivity index (χ0v) is 20.9. The molecule has 0 spiro atoms. The average Bonchev–Trinajstić information content (AvgIpc) is 3.49. The number of carbonyl (C=O) groups excluding carboxylic acids is 1. The quantitative estimate of drug-likeness (QED) is 0.439. The minimum absolute atomic E-state index is 0.0801. The van der Waals surface area contributed by atoms with Crippen molar-refractivity contribution in [1.82, 2.24) is 29.6 Å². The summed E-state index contributed by atoms with van der Waals surface area (Å²) in [6, 6.07) is 5.95. The molecule has 5 heterocycles. The SMILES string of the molecule is Cc1nn(C(C)(C)C)c2nc(C3CC3)cc(C(=O)N3CCN(c4nc5cccnc5s4)CC3)c12. The molecule has 4 aromatic heterocycles. The number of piperazine rings is 1. The number of hydrogen-bond donors (Lipinski definition) is 0. The van der Waals surface area contributed by atoms with Crippen molar-refractivity contribution in [2.24, 2.45) is 0 Å². The van der Waals surface area contributed by atoms with Crippen LogP contribution in [0.4, 0.5) is 5.13 Å². The molecule has 0 atom stereocenters. The van der Waals surface area contributed by atoms with Gasteiger partial charge in [0.15, 0.2) is 10.8 Å². The van der Waals surface area contributed by atoms with E-state index in [9.17, 15) is 4.79 Å². The highest BCUT2D eigenvalue weighted by atomic mass is 32.1. The van der Waals surface area contributed by atoms with Gasteiger partial charge in [0, 0.05) is 44.0 Å². The minimum Gasteiger partial charge on any atom is -0.344 e. The molecule has 0 aromatic carbocycles. The Morgan fingerprint density at radius 1 is 1.12 bits per heavy atom. The van der Waals surface area contributed by atoms with Gasteiger partial charge in [-0.05, 0) is 58.7 Å². The van der Waals surface area contributed by atoms with Crippen LogP contribution in [0.2, 0.25) is 0 Å². The average molecular weight is 476 g/mol. The van der Waals surface area contributed by atoms with Gasteiger partial charge >= 0.3 is 0 Å². The maximum Gasteiger partial charge on any atom is 0.254 e. The van der Waals surface area contributed by atoms with Crippen molar-refractivity contribution < 1.29 is 4.79 Å². The number of thiazole rings is 1. The Labute approximate surface area is 202 Å². The van der Waals surface area contributed by atoms with Crippen molar-refractivity contribution in [1.29, 1.82) is 0 Å². The van der Waals surface area contributed by atoms with Crippen molar-refractivity contribution in [2.45, 2.75) is 52.0 Å². The Balaban J connectivity index is 1.30. The van der Waals surface area contributed by atoms with Gasteiger partial charge in [0.25, 0.3) is 5.91 Å². The summed E-state index contributed by atoms with van der Waals surface area (Å²) in [5.41, 5.74) is 4.19. The molecule has 6 rings (SSSR count). The van der Waals surface area contributed by atoms with E-state index >= 15 is 0 Å². The largest absolute Gasteiger partial charge is 0.344 e. The van der Waals surface area contributed by atoms with Crippen LogP contribution in [0.15, 0.2) is 24.4 Å². The Morgan fingerprint density at radius 3 is 2.56 bits per heavy atom. The van der Waals surface area contributed by atoms with Crippen LogP contribution in [-0.4, -0.2) is 61.7 Å². The van der Waals surface area contributed by atoms with Crippen LogP contribution in [0.1, 0.15) is 61.3 Å². The number of amides is 1. The Morgan fingerprint density at radius 2 is 1.88 bits per heavy atom. The van der Waals surface area contributed by atoms with Gasteiger partial charge in [-0.15, -0.1) is 0 Å². The summed E-state index contributed by atoms with van der Waals surface area (Å²) in [5.74, 6) is 0.542. The van der Waals surface area contributed by atoms with E-state index in [-0.39, 0.29) is 11.4 Å². The molecule has 176 valence electrons. The second kappa shape index (κ2) is 7.73. The highest BCUT2D eigenvalue weighted by Gasteiger charge is 2.32. The predicted octanol–water partition coefficient (Wildman–Crippen LogP) is 4.34. The number of fused-ring (bicyclic) bond motifs is 2. The first kappa shape index (κ1) is 21.5. The molecule has 0 unspecified atom stereocenters. The van der Waals surface area contributed by atoms with Crippen LogP contribution in [0.3, 0.4) is 0 Å². The van der Waals surface area contributed by atoms with Crippen LogP contribution in [0, 0.1) is 6.92 Å². The van der Waals surface area contributed by atoms with Gasteiger partial charge < -0.3 is 9.80 Å². The van der Waals surface area contributed by atoms with E-state index in [1.54, 1.807) is 17.5 Å². The van der Waals surface area contributed by atoms with Gasteiger partial charge in [-0.25, -0.2) is 19.6 Å². The fraction of sp³-hybridized carbons (Fsp3) is 0.480. The van der Waals surface area contributed by atoms with Crippen LogP contribution in [0.25, 0.3) is 21.4 Å². The lowest BCUT2D eigenvalue weighted by atomic mass is 10.1. The first-order chi connectivity index (χ1) is 16.3. The third kappa shape index (κ3) is 3.62. The molecule has 1 saturated carbocycles. The molecule has 1 aliphatic carbocycles. The van der Waals surface area contributed by atoms with Crippen molar-refractivity contribution >= 4 is 43.8 Å². The molecule has 9 heteroatoms. The molecule has 0 radical (unpaired) electrons. The van der Waals surface area contributed by atoms with Crippen LogP contribution in [-0.2, 0) is 5.54 Å². The van der Waals surface area contributed by atoms with Crippen LogP contribution < -0.4 is 4.90 Å². The zero-order valence-electron chi connectivity index (χ0n) is 20.1. The van der Waals surface area contributed by atoms with E-state index in [4.69, 9.17) is 15.1 Å². The normalized spacial score (nSPS) is 17.2. The molecule has 1 aliphatic heterocycles. The van der Waals surface area contributed by atoms with Crippen molar-refractivity contribution in [3.63, 3.8) is 0 Å². The summed E-state index contributed by atoms with van der Waals surface area (Å²) in [4.78, 5) is 33.2. The van der Waals surface area contributed by atoms with Gasteiger partial charge in [0.05, 0.1) is 22.2 Å². The lowest BCUT2D eigenvalue weighted by molar-refractivity contribution is 0.0748. The number of nitrogens with zero attached hydrogens (tertiary/aromatic N) is 7. The predicted molar refractivity (Wildman–Crippen MR) is 135 cm³/mol. The number of aryl methyl sites for hydroxylation is 1. The van der Waals surface area contributed by atoms with Gasteiger partial charge in [0.2, 0.25) is 0 Å². The molecule has 4 aromatic rings. The van der Waals surface area contributed by atoms with E-state index in [2.05, 4.69) is 30.7 Å². The molecule has 0 N–H and O–H groups in total. The number of carbonyl (C=O) groups is 1. The van der Waals surface area contributed by atoms with Crippen molar-refractivity contribution in [3.05, 3.63) is 41.3 Å².